The molecule has 0 aliphatic heterocycles. The van der Waals surface area contributed by atoms with Gasteiger partial charge in [-0.3, -0.25) is 9.10 Å². The lowest BCUT2D eigenvalue weighted by Crippen LogP contribution is -2.49. The Morgan fingerprint density at radius 1 is 1.07 bits per heavy atom. The number of amides is 1. The fourth-order valence-corrected chi connectivity index (χ4v) is 4.26. The summed E-state index contributed by atoms with van der Waals surface area (Å²) in [6.07, 6.45) is 1.47. The number of para-hydroxylation sites is 1. The second kappa shape index (κ2) is 9.59. The number of nitrogens with zero attached hydrogens (tertiary/aromatic N) is 1. The molecule has 2 aromatic carbocycles. The van der Waals surface area contributed by atoms with Crippen molar-refractivity contribution in [3.05, 3.63) is 60.2 Å². The molecule has 0 bridgehead atoms. The highest BCUT2D eigenvalue weighted by Crippen LogP contribution is 2.23. The predicted molar refractivity (Wildman–Crippen MR) is 112 cm³/mol. The van der Waals surface area contributed by atoms with Gasteiger partial charge in [0.05, 0.1) is 24.6 Å². The second-order valence-corrected chi connectivity index (χ2v) is 8.41. The van der Waals surface area contributed by atoms with E-state index in [0.29, 0.717) is 18.7 Å². The minimum Gasteiger partial charge on any atom is -0.494 e. The number of hydrogen-bond acceptors (Lipinski definition) is 4. The molecule has 2 aromatic rings. The molecule has 2 rings (SSSR count). The summed E-state index contributed by atoms with van der Waals surface area (Å²) in [7, 11) is -3.63. The Morgan fingerprint density at radius 2 is 1.68 bits per heavy atom. The molecule has 7 heteroatoms. The Kier molecular flexibility index (Phi) is 7.45. The van der Waals surface area contributed by atoms with Crippen molar-refractivity contribution < 1.29 is 17.9 Å². The molecule has 0 aliphatic rings. The molecule has 0 saturated heterocycles. The zero-order valence-corrected chi connectivity index (χ0v) is 17.6. The number of sulfonamides is 1. The highest BCUT2D eigenvalue weighted by molar-refractivity contribution is 7.92. The van der Waals surface area contributed by atoms with Crippen molar-refractivity contribution in [3.63, 3.8) is 0 Å². The molecule has 0 saturated carbocycles. The first-order chi connectivity index (χ1) is 13.3. The standard InChI is InChI=1S/C21H28N2O4S/c1-5-20(23(28(4,25)26)18-10-8-7-9-11-18)21(24)22-16(3)17-12-14-19(15-13-17)27-6-2/h7-16,20H,5-6H2,1-4H3,(H,22,24)/t16-,20+/m1/s1. The van der Waals surface area contributed by atoms with Crippen LogP contribution in [0.2, 0.25) is 0 Å². The monoisotopic (exact) mass is 404 g/mol. The van der Waals surface area contributed by atoms with Gasteiger partial charge in [-0.1, -0.05) is 37.3 Å². The largest absolute Gasteiger partial charge is 0.494 e. The highest BCUT2D eigenvalue weighted by Gasteiger charge is 2.32. The second-order valence-electron chi connectivity index (χ2n) is 6.55. The SMILES string of the molecule is CCOc1ccc([C@@H](C)NC(=O)[C@H](CC)N(c2ccccc2)S(C)(=O)=O)cc1. The number of benzene rings is 2. The first-order valence-corrected chi connectivity index (χ1v) is 11.2. The Labute approximate surface area is 167 Å². The molecule has 1 amide bonds. The van der Waals surface area contributed by atoms with E-state index in [1.165, 1.54) is 4.31 Å². The van der Waals surface area contributed by atoms with Gasteiger partial charge in [-0.2, -0.15) is 0 Å². The van der Waals surface area contributed by atoms with Gasteiger partial charge in [0.25, 0.3) is 0 Å². The average Bonchev–Trinajstić information content (AvgIpc) is 2.66. The maximum atomic E-state index is 12.9. The summed E-state index contributed by atoms with van der Waals surface area (Å²) in [4.78, 5) is 12.9. The summed E-state index contributed by atoms with van der Waals surface area (Å²) < 4.78 is 31.5. The quantitative estimate of drug-likeness (QED) is 0.694. The van der Waals surface area contributed by atoms with Crippen molar-refractivity contribution in [3.8, 4) is 5.75 Å². The summed E-state index contributed by atoms with van der Waals surface area (Å²) in [5, 5.41) is 2.94. The summed E-state index contributed by atoms with van der Waals surface area (Å²) in [5.41, 5.74) is 1.39. The third-order valence-corrected chi connectivity index (χ3v) is 5.57. The zero-order valence-electron chi connectivity index (χ0n) is 16.8. The summed E-state index contributed by atoms with van der Waals surface area (Å²) in [6.45, 7) is 6.17. The lowest BCUT2D eigenvalue weighted by Gasteiger charge is -2.31. The van der Waals surface area contributed by atoms with Gasteiger partial charge >= 0.3 is 0 Å². The predicted octanol–water partition coefficient (Wildman–Crippen LogP) is 3.51. The molecule has 0 fully saturated rings. The van der Waals surface area contributed by atoms with E-state index in [1.54, 1.807) is 37.3 Å². The zero-order chi connectivity index (χ0) is 20.7. The van der Waals surface area contributed by atoms with Crippen molar-refractivity contribution in [2.75, 3.05) is 17.2 Å². The van der Waals surface area contributed by atoms with E-state index in [4.69, 9.17) is 4.74 Å². The van der Waals surface area contributed by atoms with E-state index >= 15 is 0 Å². The highest BCUT2D eigenvalue weighted by atomic mass is 32.2. The van der Waals surface area contributed by atoms with Crippen molar-refractivity contribution in [1.82, 2.24) is 5.32 Å². The number of ether oxygens (including phenoxy) is 1. The Balaban J connectivity index is 2.21. The van der Waals surface area contributed by atoms with Gasteiger partial charge in [-0.05, 0) is 50.1 Å². The normalized spacial score (nSPS) is 13.4. The number of carbonyl (C=O) groups excluding carboxylic acids is 1. The van der Waals surface area contributed by atoms with Crippen LogP contribution in [-0.4, -0.2) is 33.2 Å². The van der Waals surface area contributed by atoms with Crippen LogP contribution in [0.4, 0.5) is 5.69 Å². The van der Waals surface area contributed by atoms with E-state index in [2.05, 4.69) is 5.32 Å². The number of anilines is 1. The molecule has 0 heterocycles. The van der Waals surface area contributed by atoms with Crippen LogP contribution >= 0.6 is 0 Å². The Hall–Kier alpha value is -2.54. The molecule has 152 valence electrons. The van der Waals surface area contributed by atoms with Crippen LogP contribution in [0.3, 0.4) is 0 Å². The fourth-order valence-electron chi connectivity index (χ4n) is 3.05. The maximum Gasteiger partial charge on any atom is 0.244 e. The van der Waals surface area contributed by atoms with Crippen LogP contribution in [0, 0.1) is 0 Å². The topological polar surface area (TPSA) is 75.7 Å². The van der Waals surface area contributed by atoms with Crippen LogP contribution < -0.4 is 14.4 Å². The molecule has 6 nitrogen and oxygen atoms in total. The van der Waals surface area contributed by atoms with Crippen LogP contribution in [0.5, 0.6) is 5.75 Å². The molecule has 0 aliphatic carbocycles. The van der Waals surface area contributed by atoms with E-state index in [-0.39, 0.29) is 11.9 Å². The van der Waals surface area contributed by atoms with Gasteiger partial charge in [0, 0.05) is 0 Å². The van der Waals surface area contributed by atoms with E-state index < -0.39 is 16.1 Å². The first kappa shape index (κ1) is 21.8. The van der Waals surface area contributed by atoms with Crippen LogP contribution in [0.1, 0.15) is 38.8 Å². The summed E-state index contributed by atoms with van der Waals surface area (Å²) in [5.74, 6) is 0.432. The number of nitrogens with one attached hydrogen (secondary N) is 1. The van der Waals surface area contributed by atoms with Gasteiger partial charge in [0.1, 0.15) is 11.8 Å². The van der Waals surface area contributed by atoms with Crippen molar-refractivity contribution in [1.29, 1.82) is 0 Å². The first-order valence-electron chi connectivity index (χ1n) is 9.35. The summed E-state index contributed by atoms with van der Waals surface area (Å²) in [6, 6.07) is 15.1. The number of hydrogen-bond donors (Lipinski definition) is 1. The number of carbonyl (C=O) groups is 1. The average molecular weight is 405 g/mol. The van der Waals surface area contributed by atoms with Gasteiger partial charge in [-0.15, -0.1) is 0 Å². The molecule has 0 spiro atoms. The van der Waals surface area contributed by atoms with Crippen LogP contribution in [0.15, 0.2) is 54.6 Å². The molecule has 0 aromatic heterocycles. The smallest absolute Gasteiger partial charge is 0.244 e. The Bertz CT molecular complexity index is 867. The molecular formula is C21H28N2O4S. The van der Waals surface area contributed by atoms with Gasteiger partial charge < -0.3 is 10.1 Å². The lowest BCUT2D eigenvalue weighted by molar-refractivity contribution is -0.122. The van der Waals surface area contributed by atoms with Crippen molar-refractivity contribution in [2.24, 2.45) is 0 Å². The maximum absolute atomic E-state index is 12.9. The fraction of sp³-hybridized carbons (Fsp3) is 0.381. The Morgan fingerprint density at radius 3 is 2.18 bits per heavy atom. The van der Waals surface area contributed by atoms with Gasteiger partial charge in [-0.25, -0.2) is 8.42 Å². The minimum atomic E-state index is -3.63. The van der Waals surface area contributed by atoms with E-state index in [1.807, 2.05) is 38.1 Å². The van der Waals surface area contributed by atoms with Crippen LogP contribution in [-0.2, 0) is 14.8 Å². The van der Waals surface area contributed by atoms with E-state index in [9.17, 15) is 13.2 Å². The molecule has 0 radical (unpaired) electrons. The third-order valence-electron chi connectivity index (χ3n) is 4.39. The van der Waals surface area contributed by atoms with Crippen molar-refractivity contribution >= 4 is 21.6 Å². The molecule has 1 N–H and O–H groups in total. The molecular weight excluding hydrogens is 376 g/mol. The van der Waals surface area contributed by atoms with E-state index in [0.717, 1.165) is 17.6 Å². The lowest BCUT2D eigenvalue weighted by atomic mass is 10.1. The number of rotatable bonds is 9. The molecule has 2 atom stereocenters. The molecule has 28 heavy (non-hydrogen) atoms. The van der Waals surface area contributed by atoms with Crippen molar-refractivity contribution in [2.45, 2.75) is 39.3 Å². The third kappa shape index (κ3) is 5.48. The molecule has 0 unspecified atom stereocenters. The summed E-state index contributed by atoms with van der Waals surface area (Å²) >= 11 is 0. The van der Waals surface area contributed by atoms with Gasteiger partial charge in [0.15, 0.2) is 0 Å². The minimum absolute atomic E-state index is 0.269. The van der Waals surface area contributed by atoms with Gasteiger partial charge in [0.2, 0.25) is 15.9 Å². The van der Waals surface area contributed by atoms with Crippen LogP contribution in [0.25, 0.3) is 0 Å².